The van der Waals surface area contributed by atoms with Crippen molar-refractivity contribution >= 4 is 17.3 Å². The fraction of sp³-hybridized carbons (Fsp3) is 0.308. The van der Waals surface area contributed by atoms with Crippen molar-refractivity contribution in [2.45, 2.75) is 36.5 Å². The quantitative estimate of drug-likeness (QED) is 0.138. The zero-order valence-electron chi connectivity index (χ0n) is 21.6. The molecule has 0 aliphatic carbocycles. The van der Waals surface area contributed by atoms with Crippen LogP contribution in [0.25, 0.3) is 0 Å². The molecular weight excluding hydrogens is 613 g/mol. The monoisotopic (exact) mass is 634 g/mol. The maximum absolute atomic E-state index is 14.2. The molecule has 0 fully saturated rings. The number of aliphatic imine (C=N–C) groups is 1. The largest absolute Gasteiger partial charge is 0.490 e. The molecule has 6 nitrogen and oxygen atoms in total. The van der Waals surface area contributed by atoms with E-state index in [9.17, 15) is 53.1 Å². The fourth-order valence-electron chi connectivity index (χ4n) is 2.79. The summed E-state index contributed by atoms with van der Waals surface area (Å²) in [6, 6.07) is 4.38. The number of ether oxygens (including phenoxy) is 3. The number of carbonyl (C=O) groups is 1. The number of hydrogen-bond acceptors (Lipinski definition) is 5. The molecule has 43 heavy (non-hydrogen) atoms. The average Bonchev–Trinajstić information content (AvgIpc) is 3.12. The molecule has 1 amide bonds. The van der Waals surface area contributed by atoms with Gasteiger partial charge in [-0.05, 0) is 36.4 Å². The molecule has 1 N–H and O–H groups in total. The standard InChI is InChI=1S/C26H21F11N2O4/c1-4-22(27,25(32,33)34)13-41-18-10-11-19(39-20(12-18)42-14-23(28,29)26(35,36)37)15(3)21(40)38-16-6-8-17(9-7-16)43-24(30,31)5-2/h4-10,12H,1-3,11,13-14H2,(H,38,40). The van der Waals surface area contributed by atoms with Crippen molar-refractivity contribution in [3.63, 3.8) is 0 Å². The van der Waals surface area contributed by atoms with Gasteiger partial charge in [-0.2, -0.15) is 43.9 Å². The molecule has 0 saturated carbocycles. The first-order chi connectivity index (χ1) is 19.6. The molecule has 17 heteroatoms. The van der Waals surface area contributed by atoms with Gasteiger partial charge in [0.05, 0.1) is 11.3 Å². The van der Waals surface area contributed by atoms with Gasteiger partial charge in [0.15, 0.2) is 6.61 Å². The van der Waals surface area contributed by atoms with Crippen molar-refractivity contribution in [2.24, 2.45) is 4.99 Å². The van der Waals surface area contributed by atoms with Gasteiger partial charge in [-0.25, -0.2) is 9.38 Å². The Morgan fingerprint density at radius 1 is 0.884 bits per heavy atom. The predicted molar refractivity (Wildman–Crippen MR) is 131 cm³/mol. The highest BCUT2D eigenvalue weighted by Crippen LogP contribution is 2.37. The third-order valence-electron chi connectivity index (χ3n) is 5.29. The molecule has 1 aliphatic rings. The molecule has 0 radical (unpaired) electrons. The van der Waals surface area contributed by atoms with Crippen molar-refractivity contribution < 1.29 is 67.3 Å². The van der Waals surface area contributed by atoms with E-state index in [-0.39, 0.29) is 23.6 Å². The summed E-state index contributed by atoms with van der Waals surface area (Å²) in [5.41, 5.74) is -5.04. The van der Waals surface area contributed by atoms with E-state index in [2.05, 4.69) is 39.5 Å². The maximum atomic E-state index is 14.2. The second-order valence-electron chi connectivity index (χ2n) is 8.52. The lowest BCUT2D eigenvalue weighted by Gasteiger charge is -2.24. The second kappa shape index (κ2) is 12.9. The van der Waals surface area contributed by atoms with Crippen molar-refractivity contribution in [2.75, 3.05) is 18.5 Å². The zero-order chi connectivity index (χ0) is 32.9. The van der Waals surface area contributed by atoms with Crippen LogP contribution in [-0.4, -0.2) is 54.9 Å². The Bertz CT molecular complexity index is 1310. The minimum atomic E-state index is -6.05. The van der Waals surface area contributed by atoms with Gasteiger partial charge in [0.1, 0.15) is 18.1 Å². The number of benzene rings is 1. The number of alkyl halides is 11. The van der Waals surface area contributed by atoms with Crippen molar-refractivity contribution in [1.82, 2.24) is 0 Å². The minimum absolute atomic E-state index is 0.00176. The summed E-state index contributed by atoms with van der Waals surface area (Å²) >= 11 is 0. The lowest BCUT2D eigenvalue weighted by Crippen LogP contribution is -2.43. The Labute approximate surface area is 236 Å². The van der Waals surface area contributed by atoms with Crippen LogP contribution in [0.5, 0.6) is 5.75 Å². The highest BCUT2D eigenvalue weighted by Gasteiger charge is 2.58. The molecule has 0 aromatic heterocycles. The highest BCUT2D eigenvalue weighted by atomic mass is 19.4. The summed E-state index contributed by atoms with van der Waals surface area (Å²) in [4.78, 5) is 16.4. The van der Waals surface area contributed by atoms with Crippen LogP contribution >= 0.6 is 0 Å². The molecular formula is C26H21F11N2O4. The number of rotatable bonds is 13. The highest BCUT2D eigenvalue weighted by molar-refractivity contribution is 6.25. The number of carbonyl (C=O) groups excluding carboxylic acids is 1. The van der Waals surface area contributed by atoms with Crippen molar-refractivity contribution in [1.29, 1.82) is 0 Å². The van der Waals surface area contributed by atoms with Gasteiger partial charge in [-0.15, -0.1) is 0 Å². The summed E-state index contributed by atoms with van der Waals surface area (Å²) in [5.74, 6) is -8.51. The molecule has 1 aliphatic heterocycles. The van der Waals surface area contributed by atoms with Gasteiger partial charge in [-0.3, -0.25) is 4.79 Å². The Morgan fingerprint density at radius 2 is 1.49 bits per heavy atom. The van der Waals surface area contributed by atoms with Crippen LogP contribution in [0.2, 0.25) is 0 Å². The fourth-order valence-corrected chi connectivity index (χ4v) is 2.79. The summed E-state index contributed by atoms with van der Waals surface area (Å²) < 4.78 is 158. The van der Waals surface area contributed by atoms with Crippen LogP contribution in [0.4, 0.5) is 54.0 Å². The van der Waals surface area contributed by atoms with Crippen LogP contribution < -0.4 is 10.1 Å². The summed E-state index contributed by atoms with van der Waals surface area (Å²) in [5, 5.41) is 2.29. The number of allylic oxidation sites excluding steroid dienone is 2. The SMILES string of the molecule is C=CC(F)(F)Oc1ccc(NC(=O)C(=C)C2=NC(OCC(F)(F)C(F)(F)F)=CC(OCC(F)(C=C)C(F)(F)F)=CC2)cc1. The Kier molecular flexibility index (Phi) is 10.5. The molecule has 0 spiro atoms. The van der Waals surface area contributed by atoms with E-state index in [0.29, 0.717) is 6.08 Å². The molecule has 1 aromatic carbocycles. The predicted octanol–water partition coefficient (Wildman–Crippen LogP) is 7.60. The smallest absolute Gasteiger partial charge is 0.456 e. The van der Waals surface area contributed by atoms with Gasteiger partial charge >= 0.3 is 24.4 Å². The van der Waals surface area contributed by atoms with E-state index in [1.807, 2.05) is 0 Å². The molecule has 236 valence electrons. The summed E-state index contributed by atoms with van der Waals surface area (Å²) in [7, 11) is 0. The third-order valence-corrected chi connectivity index (χ3v) is 5.29. The van der Waals surface area contributed by atoms with Crippen LogP contribution in [0.3, 0.4) is 0 Å². The summed E-state index contributed by atoms with van der Waals surface area (Å²) in [6.45, 7) is 5.04. The van der Waals surface area contributed by atoms with Gasteiger partial charge < -0.3 is 19.5 Å². The maximum Gasteiger partial charge on any atom is 0.456 e. The Hall–Kier alpha value is -4.31. The van der Waals surface area contributed by atoms with Gasteiger partial charge in [-0.1, -0.05) is 19.7 Å². The first-order valence-corrected chi connectivity index (χ1v) is 11.5. The second-order valence-corrected chi connectivity index (χ2v) is 8.52. The molecule has 0 bridgehead atoms. The van der Waals surface area contributed by atoms with E-state index >= 15 is 0 Å². The van der Waals surface area contributed by atoms with E-state index in [1.54, 1.807) is 0 Å². The molecule has 0 saturated heterocycles. The number of hydrogen-bond donors (Lipinski definition) is 1. The summed E-state index contributed by atoms with van der Waals surface area (Å²) in [6.07, 6.45) is -14.2. The van der Waals surface area contributed by atoms with E-state index in [4.69, 9.17) is 4.74 Å². The van der Waals surface area contributed by atoms with Crippen molar-refractivity contribution in [3.8, 4) is 5.75 Å². The van der Waals surface area contributed by atoms with Gasteiger partial charge in [0.25, 0.3) is 11.6 Å². The zero-order valence-corrected chi connectivity index (χ0v) is 21.6. The average molecular weight is 634 g/mol. The topological polar surface area (TPSA) is 69.2 Å². The molecule has 1 atom stereocenters. The molecule has 1 heterocycles. The third kappa shape index (κ3) is 9.34. The van der Waals surface area contributed by atoms with Gasteiger partial charge in [0.2, 0.25) is 5.88 Å². The van der Waals surface area contributed by atoms with E-state index < -0.39 is 78.5 Å². The molecule has 2 rings (SSSR count). The number of amides is 1. The van der Waals surface area contributed by atoms with Crippen LogP contribution in [-0.2, 0) is 14.3 Å². The number of nitrogens with zero attached hydrogens (tertiary/aromatic N) is 1. The van der Waals surface area contributed by atoms with Gasteiger partial charge in [0, 0.05) is 24.3 Å². The Morgan fingerprint density at radius 3 is 2.00 bits per heavy atom. The first-order valence-electron chi connectivity index (χ1n) is 11.5. The first kappa shape index (κ1) is 34.9. The Balaban J connectivity index is 2.29. The van der Waals surface area contributed by atoms with Crippen LogP contribution in [0.15, 0.2) is 90.5 Å². The van der Waals surface area contributed by atoms with Crippen molar-refractivity contribution in [3.05, 3.63) is 85.5 Å². The van der Waals surface area contributed by atoms with Crippen LogP contribution in [0.1, 0.15) is 6.42 Å². The minimum Gasteiger partial charge on any atom is -0.490 e. The van der Waals surface area contributed by atoms with E-state index in [1.165, 1.54) is 0 Å². The molecule has 1 unspecified atom stereocenters. The number of anilines is 1. The number of halogens is 11. The lowest BCUT2D eigenvalue weighted by molar-refractivity contribution is -0.293. The van der Waals surface area contributed by atoms with E-state index in [0.717, 1.165) is 30.3 Å². The molecule has 1 aromatic rings. The van der Waals surface area contributed by atoms with Crippen LogP contribution in [0, 0.1) is 0 Å². The normalized spacial score (nSPS) is 15.9. The number of nitrogens with one attached hydrogen (secondary N) is 1. The lowest BCUT2D eigenvalue weighted by atomic mass is 10.1.